The molecule has 136 valence electrons. The fraction of sp³-hybridized carbons (Fsp3) is 0.235. The van der Waals surface area contributed by atoms with E-state index in [0.717, 1.165) is 34.6 Å². The highest BCUT2D eigenvalue weighted by atomic mass is 32.1. The normalized spacial score (nSPS) is 11.4. The van der Waals surface area contributed by atoms with Gasteiger partial charge in [0.15, 0.2) is 5.82 Å². The van der Waals surface area contributed by atoms with Crippen LogP contribution in [0.3, 0.4) is 0 Å². The van der Waals surface area contributed by atoms with Crippen molar-refractivity contribution in [2.45, 2.75) is 19.3 Å². The van der Waals surface area contributed by atoms with Crippen molar-refractivity contribution < 1.29 is 18.3 Å². The highest BCUT2D eigenvalue weighted by molar-refractivity contribution is 7.14. The molecule has 0 unspecified atom stereocenters. The lowest BCUT2D eigenvalue weighted by Crippen LogP contribution is -2.15. The van der Waals surface area contributed by atoms with Crippen LogP contribution in [0.15, 0.2) is 35.7 Å². The van der Waals surface area contributed by atoms with Gasteiger partial charge in [-0.25, -0.2) is 13.8 Å². The monoisotopic (exact) mass is 395 g/mol. The Labute approximate surface area is 156 Å². The maximum absolute atomic E-state index is 13.0. The van der Waals surface area contributed by atoms with E-state index >= 15 is 0 Å². The van der Waals surface area contributed by atoms with Crippen LogP contribution in [0.2, 0.25) is 0 Å². The number of anilines is 1. The van der Waals surface area contributed by atoms with Gasteiger partial charge >= 0.3 is 0 Å². The molecule has 0 aliphatic heterocycles. The Bertz CT molecular complexity index is 919. The summed E-state index contributed by atoms with van der Waals surface area (Å²) < 4.78 is 35.0. The zero-order chi connectivity index (χ0) is 18.7. The number of nitrogens with zero attached hydrogens (tertiary/aromatic N) is 2. The Hall–Kier alpha value is -2.39. The van der Waals surface area contributed by atoms with Crippen molar-refractivity contribution in [2.24, 2.45) is 0 Å². The molecular weight excluding hydrogens is 380 g/mol. The molecule has 3 aromatic rings. The highest BCUT2D eigenvalue weighted by Crippen LogP contribution is 2.30. The maximum Gasteiger partial charge on any atom is 0.258 e. The van der Waals surface area contributed by atoms with E-state index in [1.165, 1.54) is 11.3 Å². The number of carbonyl (C=O) groups is 1. The molecule has 1 aromatic carbocycles. The second-order valence-corrected chi connectivity index (χ2v) is 7.31. The average molecular weight is 395 g/mol. The van der Waals surface area contributed by atoms with Crippen LogP contribution in [-0.4, -0.2) is 28.3 Å². The van der Waals surface area contributed by atoms with Crippen LogP contribution in [-0.2, 0) is 6.42 Å². The van der Waals surface area contributed by atoms with Crippen molar-refractivity contribution >= 4 is 33.9 Å². The topological polar surface area (TPSA) is 64.1 Å². The van der Waals surface area contributed by atoms with Crippen molar-refractivity contribution in [2.75, 3.05) is 12.4 Å². The second kappa shape index (κ2) is 7.46. The average Bonchev–Trinajstić information content (AvgIpc) is 3.23. The quantitative estimate of drug-likeness (QED) is 0.656. The predicted octanol–water partition coefficient (Wildman–Crippen LogP) is 4.73. The number of hydrogen-bond donors (Lipinski definition) is 1. The summed E-state index contributed by atoms with van der Waals surface area (Å²) in [5.41, 5.74) is 1.40. The molecule has 0 atom stereocenters. The zero-order valence-corrected chi connectivity index (χ0v) is 15.6. The van der Waals surface area contributed by atoms with Gasteiger partial charge in [0.2, 0.25) is 5.13 Å². The van der Waals surface area contributed by atoms with Gasteiger partial charge in [0.1, 0.15) is 5.75 Å². The van der Waals surface area contributed by atoms with E-state index in [4.69, 9.17) is 4.74 Å². The Balaban J connectivity index is 1.70. The van der Waals surface area contributed by atoms with E-state index in [-0.39, 0.29) is 16.9 Å². The minimum Gasteiger partial charge on any atom is -0.497 e. The van der Waals surface area contributed by atoms with Crippen molar-refractivity contribution in [3.8, 4) is 16.2 Å². The standard InChI is InChI=1S/C17H15F2N3O2S2/c1-17(18,19)8-14-20-16(26-22-14)21-15(23)11-7-13(25-9-11)10-4-3-5-12(6-10)24-2/h3-7,9H,8H2,1-2H3,(H,20,21,22,23). The molecule has 0 aliphatic carbocycles. The van der Waals surface area contributed by atoms with Gasteiger partial charge in [0, 0.05) is 21.8 Å². The molecule has 3 rings (SSSR count). The fourth-order valence-corrected chi connectivity index (χ4v) is 3.68. The summed E-state index contributed by atoms with van der Waals surface area (Å²) >= 11 is 2.31. The third-order valence-corrected chi connectivity index (χ3v) is 5.02. The number of ether oxygens (including phenoxy) is 1. The highest BCUT2D eigenvalue weighted by Gasteiger charge is 2.24. The van der Waals surface area contributed by atoms with E-state index < -0.39 is 12.3 Å². The van der Waals surface area contributed by atoms with Crippen LogP contribution >= 0.6 is 22.9 Å². The molecule has 0 radical (unpaired) electrons. The van der Waals surface area contributed by atoms with Crippen molar-refractivity contribution in [3.63, 3.8) is 0 Å². The first-order valence-corrected chi connectivity index (χ1v) is 9.24. The first-order valence-electron chi connectivity index (χ1n) is 7.59. The summed E-state index contributed by atoms with van der Waals surface area (Å²) in [6, 6.07) is 9.29. The predicted molar refractivity (Wildman–Crippen MR) is 98.5 cm³/mol. The number of hydrogen-bond acceptors (Lipinski definition) is 6. The first kappa shape index (κ1) is 18.4. The number of carbonyl (C=O) groups excluding carboxylic acids is 1. The Morgan fingerprint density at radius 2 is 2.15 bits per heavy atom. The molecule has 2 aromatic heterocycles. The van der Waals surface area contributed by atoms with Gasteiger partial charge < -0.3 is 4.74 Å². The number of alkyl halides is 2. The van der Waals surface area contributed by atoms with Gasteiger partial charge in [0.05, 0.1) is 19.1 Å². The van der Waals surface area contributed by atoms with Gasteiger partial charge in [-0.05, 0) is 30.7 Å². The number of halogens is 2. The molecule has 0 fully saturated rings. The number of rotatable bonds is 6. The number of benzene rings is 1. The Morgan fingerprint density at radius 3 is 2.88 bits per heavy atom. The van der Waals surface area contributed by atoms with Gasteiger partial charge in [-0.2, -0.15) is 4.37 Å². The van der Waals surface area contributed by atoms with E-state index in [0.29, 0.717) is 5.56 Å². The third-order valence-electron chi connectivity index (χ3n) is 3.37. The molecule has 26 heavy (non-hydrogen) atoms. The van der Waals surface area contributed by atoms with Gasteiger partial charge in [-0.15, -0.1) is 11.3 Å². The number of methoxy groups -OCH3 is 1. The lowest BCUT2D eigenvalue weighted by atomic mass is 10.1. The number of aromatic nitrogens is 2. The first-order chi connectivity index (χ1) is 12.3. The summed E-state index contributed by atoms with van der Waals surface area (Å²) in [6.07, 6.45) is -0.558. The summed E-state index contributed by atoms with van der Waals surface area (Å²) in [6.45, 7) is 0.803. The SMILES string of the molecule is COc1cccc(-c2cc(C(=O)Nc3nc(CC(C)(F)F)ns3)cs2)c1. The summed E-state index contributed by atoms with van der Waals surface area (Å²) in [7, 11) is 1.59. The van der Waals surface area contributed by atoms with E-state index in [9.17, 15) is 13.6 Å². The minimum atomic E-state index is -2.89. The van der Waals surface area contributed by atoms with Gasteiger partial charge in [-0.1, -0.05) is 12.1 Å². The van der Waals surface area contributed by atoms with Crippen LogP contribution in [0.1, 0.15) is 23.1 Å². The lowest BCUT2D eigenvalue weighted by Gasteiger charge is -2.05. The summed E-state index contributed by atoms with van der Waals surface area (Å²) in [5.74, 6) is -2.50. The van der Waals surface area contributed by atoms with E-state index in [2.05, 4.69) is 14.7 Å². The van der Waals surface area contributed by atoms with Crippen LogP contribution in [0.25, 0.3) is 10.4 Å². The molecule has 0 saturated carbocycles. The lowest BCUT2D eigenvalue weighted by molar-refractivity contribution is 0.0209. The van der Waals surface area contributed by atoms with Crippen LogP contribution in [0.5, 0.6) is 5.75 Å². The number of amides is 1. The molecule has 9 heteroatoms. The molecular formula is C17H15F2N3O2S2. The van der Waals surface area contributed by atoms with Crippen molar-refractivity contribution in [1.82, 2.24) is 9.36 Å². The fourth-order valence-electron chi connectivity index (χ4n) is 2.21. The molecule has 0 aliphatic rings. The number of nitrogens with one attached hydrogen (secondary N) is 1. The molecule has 1 amide bonds. The summed E-state index contributed by atoms with van der Waals surface area (Å²) in [5, 5.41) is 4.52. The molecule has 0 spiro atoms. The van der Waals surface area contributed by atoms with Crippen LogP contribution in [0.4, 0.5) is 13.9 Å². The van der Waals surface area contributed by atoms with E-state index in [1.54, 1.807) is 18.6 Å². The largest absolute Gasteiger partial charge is 0.497 e. The second-order valence-electron chi connectivity index (χ2n) is 5.65. The maximum atomic E-state index is 13.0. The van der Waals surface area contributed by atoms with E-state index in [1.807, 2.05) is 24.3 Å². The molecule has 5 nitrogen and oxygen atoms in total. The Morgan fingerprint density at radius 1 is 1.35 bits per heavy atom. The number of thiophene rings is 1. The summed E-state index contributed by atoms with van der Waals surface area (Å²) in [4.78, 5) is 17.2. The Kier molecular flexibility index (Phi) is 5.28. The molecule has 0 saturated heterocycles. The van der Waals surface area contributed by atoms with Crippen LogP contribution < -0.4 is 10.1 Å². The minimum absolute atomic E-state index is 0.0141. The van der Waals surface area contributed by atoms with Crippen LogP contribution in [0, 0.1) is 0 Å². The van der Waals surface area contributed by atoms with Gasteiger partial charge in [-0.3, -0.25) is 10.1 Å². The molecule has 0 bridgehead atoms. The smallest absolute Gasteiger partial charge is 0.258 e. The zero-order valence-electron chi connectivity index (χ0n) is 14.0. The van der Waals surface area contributed by atoms with Crippen molar-refractivity contribution in [3.05, 3.63) is 47.1 Å². The van der Waals surface area contributed by atoms with Crippen molar-refractivity contribution in [1.29, 1.82) is 0 Å². The molecule has 2 heterocycles. The third kappa shape index (κ3) is 4.61. The molecule has 1 N–H and O–H groups in total. The van der Waals surface area contributed by atoms with Gasteiger partial charge in [0.25, 0.3) is 11.8 Å².